The van der Waals surface area contributed by atoms with E-state index in [0.717, 1.165) is 11.1 Å². The van der Waals surface area contributed by atoms with Crippen LogP contribution in [-0.2, 0) is 14.6 Å². The molecular formula is C16H16O3S. The summed E-state index contributed by atoms with van der Waals surface area (Å²) in [6.07, 6.45) is 0. The van der Waals surface area contributed by atoms with Gasteiger partial charge < -0.3 is 4.74 Å². The van der Waals surface area contributed by atoms with E-state index in [2.05, 4.69) is 0 Å². The van der Waals surface area contributed by atoms with Crippen LogP contribution in [0.15, 0.2) is 59.5 Å². The van der Waals surface area contributed by atoms with Crippen LogP contribution in [0.2, 0.25) is 0 Å². The fourth-order valence-corrected chi connectivity index (χ4v) is 4.12. The van der Waals surface area contributed by atoms with Crippen LogP contribution in [0.3, 0.4) is 0 Å². The lowest BCUT2D eigenvalue weighted by atomic mass is 9.96. The van der Waals surface area contributed by atoms with E-state index >= 15 is 0 Å². The first-order chi connectivity index (χ1) is 9.59. The molecule has 0 bridgehead atoms. The Bertz CT molecular complexity index is 690. The summed E-state index contributed by atoms with van der Waals surface area (Å²) in [6, 6.07) is 16.5. The maximum Gasteiger partial charge on any atom is 0.205 e. The third-order valence-electron chi connectivity index (χ3n) is 3.65. The quantitative estimate of drug-likeness (QED) is 0.872. The maximum atomic E-state index is 12.5. The highest BCUT2D eigenvalue weighted by Crippen LogP contribution is 2.37. The van der Waals surface area contributed by atoms with Crippen LogP contribution >= 0.6 is 0 Å². The van der Waals surface area contributed by atoms with Crippen molar-refractivity contribution in [3.8, 4) is 0 Å². The van der Waals surface area contributed by atoms with E-state index in [1.807, 2.05) is 31.2 Å². The van der Waals surface area contributed by atoms with Gasteiger partial charge in [-0.15, -0.1) is 0 Å². The molecule has 104 valence electrons. The SMILES string of the molecule is Cc1ccc([C@@H]2CO[C@@H]2S(=O)(=O)c2ccccc2)cc1. The zero-order chi connectivity index (χ0) is 14.2. The average Bonchev–Trinajstić information content (AvgIpc) is 2.40. The topological polar surface area (TPSA) is 43.4 Å². The molecule has 0 unspecified atom stereocenters. The fourth-order valence-electron chi connectivity index (χ4n) is 2.39. The highest BCUT2D eigenvalue weighted by molar-refractivity contribution is 7.92. The van der Waals surface area contributed by atoms with Crippen molar-refractivity contribution in [2.45, 2.75) is 23.2 Å². The van der Waals surface area contributed by atoms with E-state index < -0.39 is 15.3 Å². The molecule has 1 fully saturated rings. The molecule has 0 aromatic heterocycles. The van der Waals surface area contributed by atoms with Crippen molar-refractivity contribution in [2.75, 3.05) is 6.61 Å². The van der Waals surface area contributed by atoms with Crippen LogP contribution in [0, 0.1) is 6.92 Å². The predicted molar refractivity (Wildman–Crippen MR) is 77.3 cm³/mol. The number of aryl methyl sites for hydroxylation is 1. The molecule has 3 rings (SSSR count). The van der Waals surface area contributed by atoms with Crippen molar-refractivity contribution in [2.24, 2.45) is 0 Å². The molecule has 1 aliphatic heterocycles. The van der Waals surface area contributed by atoms with Gasteiger partial charge in [-0.2, -0.15) is 0 Å². The van der Waals surface area contributed by atoms with Gasteiger partial charge in [0.25, 0.3) is 0 Å². The lowest BCUT2D eigenvalue weighted by Gasteiger charge is -2.36. The number of rotatable bonds is 3. The molecule has 0 N–H and O–H groups in total. The van der Waals surface area contributed by atoms with Crippen LogP contribution in [0.1, 0.15) is 17.0 Å². The number of hydrogen-bond acceptors (Lipinski definition) is 3. The lowest BCUT2D eigenvalue weighted by molar-refractivity contribution is -0.0245. The summed E-state index contributed by atoms with van der Waals surface area (Å²) in [5.74, 6) is -0.0826. The summed E-state index contributed by atoms with van der Waals surface area (Å²) in [7, 11) is -3.43. The van der Waals surface area contributed by atoms with Gasteiger partial charge in [0.15, 0.2) is 5.44 Å². The molecular weight excluding hydrogens is 272 g/mol. The highest BCUT2D eigenvalue weighted by atomic mass is 32.2. The van der Waals surface area contributed by atoms with E-state index in [4.69, 9.17) is 4.74 Å². The molecule has 1 heterocycles. The summed E-state index contributed by atoms with van der Waals surface area (Å²) in [5, 5.41) is 0. The number of hydrogen-bond donors (Lipinski definition) is 0. The van der Waals surface area contributed by atoms with Gasteiger partial charge in [-0.1, -0.05) is 48.0 Å². The molecule has 4 heteroatoms. The van der Waals surface area contributed by atoms with Gasteiger partial charge in [-0.25, -0.2) is 8.42 Å². The minimum atomic E-state index is -3.43. The first-order valence-electron chi connectivity index (χ1n) is 6.56. The molecule has 3 nitrogen and oxygen atoms in total. The Hall–Kier alpha value is -1.65. The predicted octanol–water partition coefficient (Wildman–Crippen LogP) is 2.91. The minimum Gasteiger partial charge on any atom is -0.360 e. The monoisotopic (exact) mass is 288 g/mol. The largest absolute Gasteiger partial charge is 0.360 e. The van der Waals surface area contributed by atoms with Gasteiger partial charge in [0.2, 0.25) is 9.84 Å². The second-order valence-corrected chi connectivity index (χ2v) is 7.10. The van der Waals surface area contributed by atoms with Crippen LogP contribution in [0.5, 0.6) is 0 Å². The van der Waals surface area contributed by atoms with Crippen molar-refractivity contribution < 1.29 is 13.2 Å². The minimum absolute atomic E-state index is 0.0826. The first-order valence-corrected chi connectivity index (χ1v) is 8.11. The molecule has 1 aliphatic rings. The van der Waals surface area contributed by atoms with E-state index in [1.54, 1.807) is 30.3 Å². The second kappa shape index (κ2) is 5.04. The maximum absolute atomic E-state index is 12.5. The van der Waals surface area contributed by atoms with Crippen LogP contribution in [0.25, 0.3) is 0 Å². The van der Waals surface area contributed by atoms with Crippen molar-refractivity contribution >= 4 is 9.84 Å². The third kappa shape index (κ3) is 2.25. The zero-order valence-electron chi connectivity index (χ0n) is 11.2. The van der Waals surface area contributed by atoms with Gasteiger partial charge in [0, 0.05) is 5.92 Å². The van der Waals surface area contributed by atoms with E-state index in [0.29, 0.717) is 11.5 Å². The summed E-state index contributed by atoms with van der Waals surface area (Å²) in [6.45, 7) is 2.47. The Labute approximate surface area is 119 Å². The number of ether oxygens (including phenoxy) is 1. The molecule has 0 amide bonds. The molecule has 2 aromatic rings. The van der Waals surface area contributed by atoms with Crippen LogP contribution in [-0.4, -0.2) is 20.5 Å². The Morgan fingerprint density at radius 1 is 1.00 bits per heavy atom. The first kappa shape index (κ1) is 13.3. The zero-order valence-corrected chi connectivity index (χ0v) is 12.0. The van der Waals surface area contributed by atoms with Gasteiger partial charge in [-0.3, -0.25) is 0 Å². The van der Waals surface area contributed by atoms with Gasteiger partial charge in [0.05, 0.1) is 11.5 Å². The number of benzene rings is 2. The second-order valence-electron chi connectivity index (χ2n) is 5.08. The summed E-state index contributed by atoms with van der Waals surface area (Å²) < 4.78 is 30.4. The van der Waals surface area contributed by atoms with Gasteiger partial charge >= 0.3 is 0 Å². The van der Waals surface area contributed by atoms with Gasteiger partial charge in [0.1, 0.15) is 0 Å². The van der Waals surface area contributed by atoms with E-state index in [-0.39, 0.29) is 5.92 Å². The van der Waals surface area contributed by atoms with E-state index in [1.165, 1.54) is 0 Å². The van der Waals surface area contributed by atoms with E-state index in [9.17, 15) is 8.42 Å². The normalized spacial score (nSPS) is 22.2. The standard InChI is InChI=1S/C16H16O3S/c1-12-7-9-13(10-8-12)15-11-19-16(15)20(17,18)14-5-3-2-4-6-14/h2-10,15-16H,11H2,1H3/t15-,16+/m0/s1. The molecule has 0 spiro atoms. The molecule has 0 saturated carbocycles. The summed E-state index contributed by atoms with van der Waals surface area (Å²) >= 11 is 0. The van der Waals surface area contributed by atoms with Crippen molar-refractivity contribution in [3.63, 3.8) is 0 Å². The molecule has 20 heavy (non-hydrogen) atoms. The van der Waals surface area contributed by atoms with Crippen molar-refractivity contribution in [3.05, 3.63) is 65.7 Å². The smallest absolute Gasteiger partial charge is 0.205 e. The Morgan fingerprint density at radius 3 is 2.20 bits per heavy atom. The third-order valence-corrected chi connectivity index (χ3v) is 5.66. The Kier molecular flexibility index (Phi) is 3.36. The van der Waals surface area contributed by atoms with Crippen molar-refractivity contribution in [1.29, 1.82) is 0 Å². The molecule has 2 aromatic carbocycles. The molecule has 0 radical (unpaired) electrons. The Balaban J connectivity index is 1.90. The molecule has 1 saturated heterocycles. The lowest BCUT2D eigenvalue weighted by Crippen LogP contribution is -2.43. The summed E-state index contributed by atoms with van der Waals surface area (Å²) in [5.41, 5.74) is 1.41. The van der Waals surface area contributed by atoms with Crippen LogP contribution < -0.4 is 0 Å². The Morgan fingerprint density at radius 2 is 1.65 bits per heavy atom. The average molecular weight is 288 g/mol. The molecule has 2 atom stereocenters. The number of sulfone groups is 1. The van der Waals surface area contributed by atoms with Crippen LogP contribution in [0.4, 0.5) is 0 Å². The fraction of sp³-hybridized carbons (Fsp3) is 0.250. The molecule has 0 aliphatic carbocycles. The van der Waals surface area contributed by atoms with Crippen molar-refractivity contribution in [1.82, 2.24) is 0 Å². The van der Waals surface area contributed by atoms with Gasteiger partial charge in [-0.05, 0) is 24.6 Å². The highest BCUT2D eigenvalue weighted by Gasteiger charge is 2.43. The summed E-state index contributed by atoms with van der Waals surface area (Å²) in [4.78, 5) is 0.321.